The number of aromatic nitrogens is 1. The van der Waals surface area contributed by atoms with E-state index in [-0.39, 0.29) is 0 Å². The second-order valence-corrected chi connectivity index (χ2v) is 6.09. The van der Waals surface area contributed by atoms with E-state index >= 15 is 0 Å². The van der Waals surface area contributed by atoms with Gasteiger partial charge in [-0.05, 0) is 40.2 Å². The summed E-state index contributed by atoms with van der Waals surface area (Å²) in [5.41, 5.74) is 1.51. The standard InChI is InChI=1S/C16H9BrN2S/c17-13-6-2-4-8-15(13)20-16-9-11(10-18)12-5-1-3-7-14(12)19-16/h1-9H. The maximum Gasteiger partial charge on any atom is 0.103 e. The van der Waals surface area contributed by atoms with Crippen LogP contribution < -0.4 is 0 Å². The Morgan fingerprint density at radius 2 is 1.80 bits per heavy atom. The summed E-state index contributed by atoms with van der Waals surface area (Å²) >= 11 is 5.07. The zero-order chi connectivity index (χ0) is 13.9. The Balaban J connectivity index is 2.09. The van der Waals surface area contributed by atoms with E-state index in [4.69, 9.17) is 0 Å². The summed E-state index contributed by atoms with van der Waals surface area (Å²) in [5, 5.41) is 11.0. The highest BCUT2D eigenvalue weighted by Gasteiger charge is 2.08. The summed E-state index contributed by atoms with van der Waals surface area (Å²) in [5.74, 6) is 0. The van der Waals surface area contributed by atoms with Crippen molar-refractivity contribution in [2.45, 2.75) is 9.92 Å². The molecule has 0 spiro atoms. The van der Waals surface area contributed by atoms with Crippen LogP contribution in [0, 0.1) is 11.3 Å². The van der Waals surface area contributed by atoms with E-state index in [0.29, 0.717) is 5.56 Å². The highest BCUT2D eigenvalue weighted by Crippen LogP contribution is 2.33. The number of hydrogen-bond donors (Lipinski definition) is 0. The van der Waals surface area contributed by atoms with Crippen LogP contribution in [-0.4, -0.2) is 4.98 Å². The number of benzene rings is 2. The lowest BCUT2D eigenvalue weighted by Gasteiger charge is -2.06. The second-order valence-electron chi connectivity index (χ2n) is 4.17. The average molecular weight is 341 g/mol. The molecule has 0 amide bonds. The summed E-state index contributed by atoms with van der Waals surface area (Å²) < 4.78 is 1.03. The summed E-state index contributed by atoms with van der Waals surface area (Å²) in [6, 6.07) is 19.8. The van der Waals surface area contributed by atoms with Crippen LogP contribution in [0.25, 0.3) is 10.9 Å². The van der Waals surface area contributed by atoms with E-state index in [1.54, 1.807) is 11.8 Å². The third-order valence-electron chi connectivity index (χ3n) is 2.86. The number of fused-ring (bicyclic) bond motifs is 1. The molecule has 0 N–H and O–H groups in total. The SMILES string of the molecule is N#Cc1cc(Sc2ccccc2Br)nc2ccccc12. The second kappa shape index (κ2) is 5.66. The number of nitriles is 1. The fourth-order valence-electron chi connectivity index (χ4n) is 1.94. The molecule has 1 aromatic heterocycles. The maximum atomic E-state index is 9.28. The third-order valence-corrected chi connectivity index (χ3v) is 4.81. The van der Waals surface area contributed by atoms with Gasteiger partial charge in [-0.15, -0.1) is 0 Å². The van der Waals surface area contributed by atoms with Gasteiger partial charge in [0.2, 0.25) is 0 Å². The highest BCUT2D eigenvalue weighted by atomic mass is 79.9. The molecule has 0 aliphatic rings. The molecule has 0 unspecified atom stereocenters. The van der Waals surface area contributed by atoms with Crippen LogP contribution in [0.4, 0.5) is 0 Å². The summed E-state index contributed by atoms with van der Waals surface area (Å²) in [4.78, 5) is 5.69. The molecule has 0 fully saturated rings. The van der Waals surface area contributed by atoms with Gasteiger partial charge < -0.3 is 0 Å². The minimum Gasteiger partial charge on any atom is -0.241 e. The number of para-hydroxylation sites is 1. The molecule has 4 heteroatoms. The van der Waals surface area contributed by atoms with Crippen LogP contribution in [0.5, 0.6) is 0 Å². The Labute approximate surface area is 129 Å². The molecule has 96 valence electrons. The molecule has 3 rings (SSSR count). The van der Waals surface area contributed by atoms with Gasteiger partial charge >= 0.3 is 0 Å². The van der Waals surface area contributed by atoms with Crippen LogP contribution in [0.1, 0.15) is 5.56 Å². The zero-order valence-corrected chi connectivity index (χ0v) is 12.8. The van der Waals surface area contributed by atoms with Crippen LogP contribution in [-0.2, 0) is 0 Å². The van der Waals surface area contributed by atoms with Crippen LogP contribution in [0.3, 0.4) is 0 Å². The fraction of sp³-hybridized carbons (Fsp3) is 0. The van der Waals surface area contributed by atoms with Crippen LogP contribution in [0.15, 0.2) is 69.0 Å². The van der Waals surface area contributed by atoms with E-state index in [2.05, 4.69) is 27.0 Å². The first-order valence-electron chi connectivity index (χ1n) is 6.00. The van der Waals surface area contributed by atoms with E-state index in [9.17, 15) is 5.26 Å². The molecule has 0 aliphatic heterocycles. The number of hydrogen-bond acceptors (Lipinski definition) is 3. The van der Waals surface area contributed by atoms with Crippen molar-refractivity contribution in [2.24, 2.45) is 0 Å². The van der Waals surface area contributed by atoms with Gasteiger partial charge in [-0.2, -0.15) is 5.26 Å². The average Bonchev–Trinajstić information content (AvgIpc) is 2.49. The van der Waals surface area contributed by atoms with Gasteiger partial charge in [0.1, 0.15) is 5.03 Å². The number of halogens is 1. The Hall–Kier alpha value is -1.83. The Morgan fingerprint density at radius 3 is 2.60 bits per heavy atom. The summed E-state index contributed by atoms with van der Waals surface area (Å²) in [6.45, 7) is 0. The van der Waals surface area contributed by atoms with Crippen molar-refractivity contribution in [2.75, 3.05) is 0 Å². The third kappa shape index (κ3) is 2.55. The van der Waals surface area contributed by atoms with Crippen molar-refractivity contribution in [3.05, 3.63) is 64.6 Å². The van der Waals surface area contributed by atoms with E-state index in [0.717, 1.165) is 25.3 Å². The van der Waals surface area contributed by atoms with Gasteiger partial charge in [-0.25, -0.2) is 4.98 Å². The predicted molar refractivity (Wildman–Crippen MR) is 84.7 cm³/mol. The normalized spacial score (nSPS) is 10.4. The zero-order valence-electron chi connectivity index (χ0n) is 10.4. The molecule has 0 atom stereocenters. The molecule has 2 aromatic carbocycles. The molecule has 0 radical (unpaired) electrons. The first kappa shape index (κ1) is 13.2. The topological polar surface area (TPSA) is 36.7 Å². The van der Waals surface area contributed by atoms with Gasteiger partial charge in [0.15, 0.2) is 0 Å². The van der Waals surface area contributed by atoms with Gasteiger partial charge in [-0.3, -0.25) is 0 Å². The number of nitrogens with zero attached hydrogens (tertiary/aromatic N) is 2. The van der Waals surface area contributed by atoms with Gasteiger partial charge in [0.25, 0.3) is 0 Å². The number of rotatable bonds is 2. The minimum atomic E-state index is 0.658. The van der Waals surface area contributed by atoms with Gasteiger partial charge in [0, 0.05) is 14.8 Å². The molecular weight excluding hydrogens is 332 g/mol. The molecular formula is C16H9BrN2S. The Bertz CT molecular complexity index is 824. The Morgan fingerprint density at radius 1 is 1.05 bits per heavy atom. The van der Waals surface area contributed by atoms with E-state index in [1.807, 2.05) is 54.6 Å². The van der Waals surface area contributed by atoms with Crippen LogP contribution >= 0.6 is 27.7 Å². The largest absolute Gasteiger partial charge is 0.241 e. The van der Waals surface area contributed by atoms with E-state index in [1.165, 1.54) is 0 Å². The highest BCUT2D eigenvalue weighted by molar-refractivity contribution is 9.10. The first-order chi connectivity index (χ1) is 9.78. The van der Waals surface area contributed by atoms with Gasteiger partial charge in [0.05, 0.1) is 17.1 Å². The lowest BCUT2D eigenvalue weighted by molar-refractivity contribution is 1.18. The lowest BCUT2D eigenvalue weighted by Crippen LogP contribution is -1.87. The molecule has 1 heterocycles. The van der Waals surface area contributed by atoms with Crippen molar-refractivity contribution in [1.82, 2.24) is 4.98 Å². The van der Waals surface area contributed by atoms with Crippen molar-refractivity contribution in [3.63, 3.8) is 0 Å². The maximum absolute atomic E-state index is 9.28. The quantitative estimate of drug-likeness (QED) is 0.657. The van der Waals surface area contributed by atoms with Crippen molar-refractivity contribution >= 4 is 38.6 Å². The van der Waals surface area contributed by atoms with Crippen molar-refractivity contribution < 1.29 is 0 Å². The molecule has 0 saturated heterocycles. The summed E-state index contributed by atoms with van der Waals surface area (Å²) in [7, 11) is 0. The smallest absolute Gasteiger partial charge is 0.103 e. The molecule has 0 aliphatic carbocycles. The predicted octanol–water partition coefficient (Wildman–Crippen LogP) is 5.02. The molecule has 3 aromatic rings. The molecule has 20 heavy (non-hydrogen) atoms. The van der Waals surface area contributed by atoms with E-state index < -0.39 is 0 Å². The van der Waals surface area contributed by atoms with Crippen molar-refractivity contribution in [3.8, 4) is 6.07 Å². The van der Waals surface area contributed by atoms with Crippen molar-refractivity contribution in [1.29, 1.82) is 5.26 Å². The summed E-state index contributed by atoms with van der Waals surface area (Å²) in [6.07, 6.45) is 0. The van der Waals surface area contributed by atoms with Gasteiger partial charge in [-0.1, -0.05) is 42.1 Å². The monoisotopic (exact) mass is 340 g/mol. The molecule has 2 nitrogen and oxygen atoms in total. The first-order valence-corrected chi connectivity index (χ1v) is 7.61. The number of pyridine rings is 1. The fourth-order valence-corrected chi connectivity index (χ4v) is 3.32. The Kier molecular flexibility index (Phi) is 3.72. The molecule has 0 bridgehead atoms. The molecule has 0 saturated carbocycles. The van der Waals surface area contributed by atoms with Crippen LogP contribution in [0.2, 0.25) is 0 Å². The lowest BCUT2D eigenvalue weighted by atomic mass is 10.1. The minimum absolute atomic E-state index is 0.658.